The highest BCUT2D eigenvalue weighted by Gasteiger charge is 2.24. The zero-order valence-electron chi connectivity index (χ0n) is 19.5. The highest BCUT2D eigenvalue weighted by molar-refractivity contribution is 14.1. The summed E-state index contributed by atoms with van der Waals surface area (Å²) in [4.78, 5) is 26.4. The minimum absolute atomic E-state index is 0.0263. The van der Waals surface area contributed by atoms with E-state index in [1.165, 1.54) is 37.4 Å². The Morgan fingerprint density at radius 2 is 1.86 bits per heavy atom. The Bertz CT molecular complexity index is 1800. The lowest BCUT2D eigenvalue weighted by Crippen LogP contribution is -2.30. The van der Waals surface area contributed by atoms with E-state index in [0.717, 1.165) is 15.5 Å². The first-order valence-electron chi connectivity index (χ1n) is 10.7. The Hall–Kier alpha value is -3.59. The van der Waals surface area contributed by atoms with Gasteiger partial charge in [0.05, 0.1) is 35.1 Å². The third-order valence-electron chi connectivity index (χ3n) is 5.36. The number of hydrogen-bond acceptors (Lipinski definition) is 6. The smallest absolute Gasteiger partial charge is 0.289 e. The summed E-state index contributed by atoms with van der Waals surface area (Å²) in [6.07, 6.45) is 2.40. The predicted molar refractivity (Wildman–Crippen MR) is 148 cm³/mol. The first kappa shape index (κ1) is 26.5. The molecule has 0 radical (unpaired) electrons. The van der Waals surface area contributed by atoms with E-state index in [1.807, 2.05) is 22.6 Å². The zero-order valence-corrected chi connectivity index (χ0v) is 22.5. The Balaban J connectivity index is 2.10. The van der Waals surface area contributed by atoms with Crippen molar-refractivity contribution in [2.24, 2.45) is 7.05 Å². The van der Waals surface area contributed by atoms with Crippen molar-refractivity contribution < 1.29 is 17.2 Å². The van der Waals surface area contributed by atoms with E-state index in [4.69, 9.17) is 0 Å². The number of nitrogens with zero attached hydrogens (tertiary/aromatic N) is 3. The van der Waals surface area contributed by atoms with Crippen molar-refractivity contribution in [3.05, 3.63) is 91.0 Å². The van der Waals surface area contributed by atoms with E-state index >= 15 is 4.39 Å². The summed E-state index contributed by atoms with van der Waals surface area (Å²) in [5.41, 5.74) is -1.84. The molecular formula is C24H20F2IN5O4S. The number of nitrogens with one attached hydrogen (secondary N) is 2. The van der Waals surface area contributed by atoms with Gasteiger partial charge in [-0.05, 0) is 52.9 Å². The van der Waals surface area contributed by atoms with Gasteiger partial charge in [0.15, 0.2) is 0 Å². The quantitative estimate of drug-likeness (QED) is 0.234. The third kappa shape index (κ3) is 5.27. The molecule has 0 aliphatic heterocycles. The van der Waals surface area contributed by atoms with Crippen LogP contribution in [0.2, 0.25) is 0 Å². The number of aromatic nitrogens is 3. The molecule has 0 aliphatic carbocycles. The molecule has 0 unspecified atom stereocenters. The first-order chi connectivity index (χ1) is 17.4. The third-order valence-corrected chi connectivity index (χ3v) is 6.64. The number of benzene rings is 2. The Kier molecular flexibility index (Phi) is 7.19. The van der Waals surface area contributed by atoms with E-state index in [2.05, 4.69) is 21.7 Å². The summed E-state index contributed by atoms with van der Waals surface area (Å²) in [5, 5.41) is 6.72. The highest BCUT2D eigenvalue weighted by atomic mass is 127. The maximum absolute atomic E-state index is 15.4. The summed E-state index contributed by atoms with van der Waals surface area (Å²) in [7, 11) is -2.32. The molecule has 0 saturated carbocycles. The second-order valence-electron chi connectivity index (χ2n) is 8.11. The summed E-state index contributed by atoms with van der Waals surface area (Å²) in [5.74, 6) is -1.99. The minimum atomic E-state index is -3.60. The largest absolute Gasteiger partial charge is 0.350 e. The SMILES string of the molecule is C=CCn1nc(-c2cccc(NS(C)(=O)=O)c2)c2c(c(Nc3ccc(I)cc3F)c(F)c(=O)n2C)c1=O. The summed E-state index contributed by atoms with van der Waals surface area (Å²) >= 11 is 1.91. The van der Waals surface area contributed by atoms with Gasteiger partial charge in [-0.25, -0.2) is 17.5 Å². The fourth-order valence-electron chi connectivity index (χ4n) is 3.81. The zero-order chi connectivity index (χ0) is 27.1. The number of allylic oxidation sites excluding steroid dienone is 1. The van der Waals surface area contributed by atoms with Crippen molar-refractivity contribution in [2.45, 2.75) is 6.54 Å². The maximum atomic E-state index is 15.4. The molecular weight excluding hydrogens is 619 g/mol. The summed E-state index contributed by atoms with van der Waals surface area (Å²) in [6.45, 7) is 3.57. The second-order valence-corrected chi connectivity index (χ2v) is 11.1. The van der Waals surface area contributed by atoms with Crippen LogP contribution in [0.1, 0.15) is 0 Å². The van der Waals surface area contributed by atoms with Crippen molar-refractivity contribution >= 4 is 60.6 Å². The molecule has 0 amide bonds. The van der Waals surface area contributed by atoms with Crippen LogP contribution in [0, 0.1) is 15.2 Å². The number of sulfonamides is 1. The van der Waals surface area contributed by atoms with E-state index in [1.54, 1.807) is 18.2 Å². The van der Waals surface area contributed by atoms with Gasteiger partial charge in [-0.3, -0.25) is 14.3 Å². The van der Waals surface area contributed by atoms with Crippen molar-refractivity contribution in [3.63, 3.8) is 0 Å². The van der Waals surface area contributed by atoms with Crippen LogP contribution in [0.4, 0.5) is 25.8 Å². The lowest BCUT2D eigenvalue weighted by Gasteiger charge is -2.18. The molecule has 4 aromatic rings. The number of aryl methyl sites for hydroxylation is 1. The predicted octanol–water partition coefficient (Wildman–Crippen LogP) is 3.95. The molecule has 0 spiro atoms. The Morgan fingerprint density at radius 1 is 1.14 bits per heavy atom. The Morgan fingerprint density at radius 3 is 2.51 bits per heavy atom. The van der Waals surface area contributed by atoms with Crippen LogP contribution in [0.5, 0.6) is 0 Å². The number of pyridine rings is 1. The average Bonchev–Trinajstić information content (AvgIpc) is 2.82. The number of fused-ring (bicyclic) bond motifs is 1. The number of anilines is 3. The van der Waals surface area contributed by atoms with Gasteiger partial charge in [0.1, 0.15) is 11.5 Å². The summed E-state index contributed by atoms with van der Waals surface area (Å²) < 4.78 is 58.4. The van der Waals surface area contributed by atoms with Crippen LogP contribution in [0.3, 0.4) is 0 Å². The normalized spacial score (nSPS) is 11.5. The Labute approximate surface area is 223 Å². The standard InChI is InChI=1S/C24H20F2IN5O4S/c1-4-10-32-23(33)18-21(28-17-9-8-14(27)12-16(17)25)19(26)24(34)31(2)22(18)20(29-32)13-6-5-7-15(11-13)30-37(3,35)36/h4-9,11-12,28,30H,1,10H2,2-3H3. The lowest BCUT2D eigenvalue weighted by molar-refractivity contribution is 0.597. The van der Waals surface area contributed by atoms with Gasteiger partial charge in [-0.15, -0.1) is 6.58 Å². The van der Waals surface area contributed by atoms with Gasteiger partial charge in [0, 0.05) is 21.9 Å². The van der Waals surface area contributed by atoms with Crippen LogP contribution in [0.25, 0.3) is 22.2 Å². The molecule has 192 valence electrons. The van der Waals surface area contributed by atoms with Crippen LogP contribution >= 0.6 is 22.6 Å². The van der Waals surface area contributed by atoms with Crippen molar-refractivity contribution in [1.82, 2.24) is 14.3 Å². The molecule has 2 aromatic carbocycles. The summed E-state index contributed by atoms with van der Waals surface area (Å²) in [6, 6.07) is 10.3. The molecule has 0 aliphatic rings. The van der Waals surface area contributed by atoms with E-state index in [9.17, 15) is 22.4 Å². The molecule has 9 nitrogen and oxygen atoms in total. The van der Waals surface area contributed by atoms with E-state index in [0.29, 0.717) is 9.13 Å². The molecule has 0 bridgehead atoms. The molecule has 0 atom stereocenters. The molecule has 2 N–H and O–H groups in total. The van der Waals surface area contributed by atoms with Gasteiger partial charge < -0.3 is 9.88 Å². The average molecular weight is 639 g/mol. The van der Waals surface area contributed by atoms with Crippen LogP contribution in [0.15, 0.2) is 64.7 Å². The van der Waals surface area contributed by atoms with Crippen molar-refractivity contribution in [3.8, 4) is 11.3 Å². The monoisotopic (exact) mass is 639 g/mol. The van der Waals surface area contributed by atoms with Gasteiger partial charge >= 0.3 is 0 Å². The van der Waals surface area contributed by atoms with Gasteiger partial charge in [-0.2, -0.15) is 9.49 Å². The number of rotatable bonds is 7. The van der Waals surface area contributed by atoms with Gasteiger partial charge in [0.25, 0.3) is 11.1 Å². The van der Waals surface area contributed by atoms with Crippen LogP contribution in [-0.2, 0) is 23.6 Å². The van der Waals surface area contributed by atoms with Crippen LogP contribution in [-0.4, -0.2) is 29.0 Å². The molecule has 4 rings (SSSR count). The molecule has 0 fully saturated rings. The van der Waals surface area contributed by atoms with E-state index < -0.39 is 38.5 Å². The topological polar surface area (TPSA) is 115 Å². The lowest BCUT2D eigenvalue weighted by atomic mass is 10.1. The van der Waals surface area contributed by atoms with Gasteiger partial charge in [-0.1, -0.05) is 18.2 Å². The number of hydrogen-bond donors (Lipinski definition) is 2. The fourth-order valence-corrected chi connectivity index (χ4v) is 4.82. The fraction of sp³-hybridized carbons (Fsp3) is 0.125. The van der Waals surface area contributed by atoms with Crippen molar-refractivity contribution in [1.29, 1.82) is 0 Å². The first-order valence-corrected chi connectivity index (χ1v) is 13.6. The van der Waals surface area contributed by atoms with Crippen molar-refractivity contribution in [2.75, 3.05) is 16.3 Å². The minimum Gasteiger partial charge on any atom is -0.350 e. The molecule has 13 heteroatoms. The molecule has 37 heavy (non-hydrogen) atoms. The highest BCUT2D eigenvalue weighted by Crippen LogP contribution is 2.32. The van der Waals surface area contributed by atoms with Gasteiger partial charge in [0.2, 0.25) is 15.8 Å². The van der Waals surface area contributed by atoms with Crippen LogP contribution < -0.4 is 21.2 Å². The molecule has 2 heterocycles. The van der Waals surface area contributed by atoms with E-state index in [-0.39, 0.29) is 34.5 Å². The number of halogens is 3. The second kappa shape index (κ2) is 10.0. The molecule has 2 aromatic heterocycles. The maximum Gasteiger partial charge on any atom is 0.289 e. The molecule has 0 saturated heterocycles.